The van der Waals surface area contributed by atoms with Gasteiger partial charge >= 0.3 is 5.97 Å². The van der Waals surface area contributed by atoms with Gasteiger partial charge in [-0.3, -0.25) is 0 Å². The van der Waals surface area contributed by atoms with Crippen molar-refractivity contribution in [2.45, 2.75) is 17.9 Å². The summed E-state index contributed by atoms with van der Waals surface area (Å²) < 4.78 is 31.1. The molecule has 0 aromatic heterocycles. The molecule has 0 radical (unpaired) electrons. The maximum Gasteiger partial charge on any atom is 0.335 e. The Morgan fingerprint density at radius 2 is 2.10 bits per heavy atom. The Bertz CT molecular complexity index is 584. The summed E-state index contributed by atoms with van der Waals surface area (Å²) in [5.41, 5.74) is 0.0686. The van der Waals surface area contributed by atoms with E-state index in [0.717, 1.165) is 0 Å². The van der Waals surface area contributed by atoms with Gasteiger partial charge in [0.25, 0.3) is 0 Å². The average molecular weight is 303 g/mol. The van der Waals surface area contributed by atoms with E-state index in [9.17, 15) is 18.3 Å². The van der Waals surface area contributed by atoms with Crippen molar-refractivity contribution in [1.82, 2.24) is 4.72 Å². The van der Waals surface area contributed by atoms with E-state index in [1.54, 1.807) is 0 Å². The number of hydrogen-bond acceptors (Lipinski definition) is 5. The highest BCUT2D eigenvalue weighted by Gasteiger charge is 2.21. The van der Waals surface area contributed by atoms with Crippen LogP contribution >= 0.6 is 0 Å². The number of rotatable bonds is 7. The standard InChI is InChI=1S/C12H17NO6S/c1-8-10(12(15)16)4-3-5-11(8)20(17,18)13-6-9(14)7-19-2/h3-5,9,13-14H,6-7H2,1-2H3,(H,15,16). The predicted octanol–water partition coefficient (Wildman–Crippen LogP) is -0.0212. The predicted molar refractivity (Wildman–Crippen MR) is 71.2 cm³/mol. The van der Waals surface area contributed by atoms with Gasteiger partial charge in [0.2, 0.25) is 10.0 Å². The van der Waals surface area contributed by atoms with E-state index >= 15 is 0 Å². The second-order valence-electron chi connectivity index (χ2n) is 4.19. The fourth-order valence-electron chi connectivity index (χ4n) is 1.67. The highest BCUT2D eigenvalue weighted by molar-refractivity contribution is 7.89. The van der Waals surface area contributed by atoms with Crippen LogP contribution in [0.3, 0.4) is 0 Å². The van der Waals surface area contributed by atoms with Gasteiger partial charge < -0.3 is 14.9 Å². The van der Waals surface area contributed by atoms with Crippen molar-refractivity contribution in [3.05, 3.63) is 29.3 Å². The maximum absolute atomic E-state index is 12.1. The van der Waals surface area contributed by atoms with E-state index in [1.165, 1.54) is 32.2 Å². The highest BCUT2D eigenvalue weighted by Crippen LogP contribution is 2.18. The van der Waals surface area contributed by atoms with Gasteiger partial charge in [-0.15, -0.1) is 0 Å². The van der Waals surface area contributed by atoms with Crippen molar-refractivity contribution in [1.29, 1.82) is 0 Å². The average Bonchev–Trinajstić information content (AvgIpc) is 2.36. The van der Waals surface area contributed by atoms with Crippen LogP contribution in [0.1, 0.15) is 15.9 Å². The van der Waals surface area contributed by atoms with E-state index in [-0.39, 0.29) is 29.2 Å². The molecule has 0 heterocycles. The molecular formula is C12H17NO6S. The van der Waals surface area contributed by atoms with Gasteiger partial charge in [0, 0.05) is 13.7 Å². The fourth-order valence-corrected chi connectivity index (χ4v) is 3.01. The van der Waals surface area contributed by atoms with Crippen LogP contribution in [-0.2, 0) is 14.8 Å². The van der Waals surface area contributed by atoms with Gasteiger partial charge in [-0.25, -0.2) is 17.9 Å². The van der Waals surface area contributed by atoms with Crippen LogP contribution < -0.4 is 4.72 Å². The first-order chi connectivity index (χ1) is 9.29. The molecule has 112 valence electrons. The van der Waals surface area contributed by atoms with Crippen LogP contribution in [-0.4, -0.2) is 51.0 Å². The molecule has 1 unspecified atom stereocenters. The summed E-state index contributed by atoms with van der Waals surface area (Å²) in [6.07, 6.45) is -0.974. The molecule has 0 saturated carbocycles. The number of hydrogen-bond donors (Lipinski definition) is 3. The Morgan fingerprint density at radius 1 is 1.45 bits per heavy atom. The van der Waals surface area contributed by atoms with Crippen LogP contribution in [0.15, 0.2) is 23.1 Å². The Balaban J connectivity index is 2.99. The number of ether oxygens (including phenoxy) is 1. The third kappa shape index (κ3) is 4.01. The number of carbonyl (C=O) groups is 1. The molecule has 8 heteroatoms. The van der Waals surface area contributed by atoms with Gasteiger partial charge in [-0.05, 0) is 24.6 Å². The van der Waals surface area contributed by atoms with Crippen molar-refractivity contribution >= 4 is 16.0 Å². The molecule has 1 rings (SSSR count). The van der Waals surface area contributed by atoms with E-state index in [1.807, 2.05) is 0 Å². The zero-order chi connectivity index (χ0) is 15.3. The largest absolute Gasteiger partial charge is 0.478 e. The summed E-state index contributed by atoms with van der Waals surface area (Å²) in [5, 5.41) is 18.4. The van der Waals surface area contributed by atoms with Crippen molar-refractivity contribution < 1.29 is 28.2 Å². The molecule has 0 aliphatic carbocycles. The summed E-state index contributed by atoms with van der Waals surface area (Å²) in [4.78, 5) is 10.9. The molecule has 1 aromatic rings. The smallest absolute Gasteiger partial charge is 0.335 e. The van der Waals surface area contributed by atoms with Gasteiger partial charge in [0.05, 0.1) is 23.2 Å². The molecule has 0 aliphatic rings. The van der Waals surface area contributed by atoms with Crippen LogP contribution in [0.2, 0.25) is 0 Å². The van der Waals surface area contributed by atoms with Crippen molar-refractivity contribution in [2.75, 3.05) is 20.3 Å². The Morgan fingerprint density at radius 3 is 2.65 bits per heavy atom. The van der Waals surface area contributed by atoms with Crippen LogP contribution in [0.4, 0.5) is 0 Å². The molecule has 1 aromatic carbocycles. The van der Waals surface area contributed by atoms with E-state index < -0.39 is 22.1 Å². The summed E-state index contributed by atoms with van der Waals surface area (Å²) in [6.45, 7) is 1.20. The molecular weight excluding hydrogens is 286 g/mol. The van der Waals surface area contributed by atoms with Crippen LogP contribution in [0.5, 0.6) is 0 Å². The Kier molecular flexibility index (Phi) is 5.63. The molecule has 0 fully saturated rings. The minimum Gasteiger partial charge on any atom is -0.478 e. The summed E-state index contributed by atoms with van der Waals surface area (Å²) in [7, 11) is -2.50. The van der Waals surface area contributed by atoms with Gasteiger partial charge in [-0.2, -0.15) is 0 Å². The molecule has 0 aliphatic heterocycles. The van der Waals surface area contributed by atoms with Gasteiger partial charge in [0.1, 0.15) is 0 Å². The van der Waals surface area contributed by atoms with E-state index in [0.29, 0.717) is 0 Å². The normalized spacial score (nSPS) is 13.2. The number of aliphatic hydroxyl groups is 1. The van der Waals surface area contributed by atoms with Crippen LogP contribution in [0, 0.1) is 6.92 Å². The first-order valence-corrected chi connectivity index (χ1v) is 7.27. The minimum absolute atomic E-state index is 0.00331. The zero-order valence-electron chi connectivity index (χ0n) is 11.2. The van der Waals surface area contributed by atoms with E-state index in [4.69, 9.17) is 5.11 Å². The Labute approximate surface area is 117 Å². The van der Waals surface area contributed by atoms with E-state index in [2.05, 4.69) is 9.46 Å². The minimum atomic E-state index is -3.89. The van der Waals surface area contributed by atoms with Gasteiger partial charge in [-0.1, -0.05) is 6.07 Å². The zero-order valence-corrected chi connectivity index (χ0v) is 12.0. The van der Waals surface area contributed by atoms with Crippen LogP contribution in [0.25, 0.3) is 0 Å². The molecule has 0 saturated heterocycles. The SMILES string of the molecule is COCC(O)CNS(=O)(=O)c1cccc(C(=O)O)c1C. The second-order valence-corrected chi connectivity index (χ2v) is 5.93. The highest BCUT2D eigenvalue weighted by atomic mass is 32.2. The fraction of sp³-hybridized carbons (Fsp3) is 0.417. The number of carboxylic acids is 1. The molecule has 0 spiro atoms. The topological polar surface area (TPSA) is 113 Å². The van der Waals surface area contributed by atoms with Gasteiger partial charge in [0.15, 0.2) is 0 Å². The second kappa shape index (κ2) is 6.80. The van der Waals surface area contributed by atoms with Crippen molar-refractivity contribution in [3.63, 3.8) is 0 Å². The molecule has 7 nitrogen and oxygen atoms in total. The quantitative estimate of drug-likeness (QED) is 0.652. The summed E-state index contributed by atoms with van der Waals surface area (Å²) in [5.74, 6) is -1.20. The number of carboxylic acid groups (broad SMARTS) is 1. The van der Waals surface area contributed by atoms with Crippen molar-refractivity contribution in [3.8, 4) is 0 Å². The molecule has 1 atom stereocenters. The lowest BCUT2D eigenvalue weighted by atomic mass is 10.1. The number of benzene rings is 1. The summed E-state index contributed by atoms with van der Waals surface area (Å²) >= 11 is 0. The lowest BCUT2D eigenvalue weighted by molar-refractivity contribution is 0.0678. The number of sulfonamides is 1. The lowest BCUT2D eigenvalue weighted by Crippen LogP contribution is -2.34. The number of methoxy groups -OCH3 is 1. The maximum atomic E-state index is 12.1. The Hall–Kier alpha value is -1.48. The molecule has 3 N–H and O–H groups in total. The molecule has 0 amide bonds. The summed E-state index contributed by atoms with van der Waals surface area (Å²) in [6, 6.07) is 4.00. The number of aliphatic hydroxyl groups excluding tert-OH is 1. The molecule has 0 bridgehead atoms. The monoisotopic (exact) mass is 303 g/mol. The molecule has 20 heavy (non-hydrogen) atoms. The third-order valence-electron chi connectivity index (χ3n) is 2.67. The number of aromatic carboxylic acids is 1. The number of nitrogens with one attached hydrogen (secondary N) is 1. The first kappa shape index (κ1) is 16.6. The van der Waals surface area contributed by atoms with Crippen molar-refractivity contribution in [2.24, 2.45) is 0 Å². The first-order valence-electron chi connectivity index (χ1n) is 5.79. The lowest BCUT2D eigenvalue weighted by Gasteiger charge is -2.13. The third-order valence-corrected chi connectivity index (χ3v) is 4.24.